The van der Waals surface area contributed by atoms with Gasteiger partial charge in [0.1, 0.15) is 11.1 Å². The summed E-state index contributed by atoms with van der Waals surface area (Å²) in [5.74, 6) is 4.33. The molecular weight excluding hydrogens is 817 g/mol. The highest BCUT2D eigenvalue weighted by Crippen LogP contribution is 2.24. The Kier molecular flexibility index (Phi) is 32.6. The van der Waals surface area contributed by atoms with E-state index >= 15 is 0 Å². The fraction of sp³-hybridized carbons (Fsp3) is 0.617. The van der Waals surface area contributed by atoms with Gasteiger partial charge in [0, 0.05) is 24.6 Å². The average Bonchev–Trinajstić information content (AvgIpc) is 3.05. The molecule has 0 saturated heterocycles. The molecule has 0 aliphatic heterocycles. The van der Waals surface area contributed by atoms with Crippen LogP contribution in [0.2, 0.25) is 0 Å². The number of rotatable bonds is 6. The monoisotopic (exact) mass is 915 g/mol. The van der Waals surface area contributed by atoms with Gasteiger partial charge in [-0.25, -0.2) is 4.79 Å². The van der Waals surface area contributed by atoms with E-state index in [1.807, 2.05) is 66.7 Å². The number of Topliss-reactive ketones (excluding diaryl/α,β-unsaturated/α-hetero) is 1. The molecule has 0 aliphatic rings. The minimum Gasteiger partial charge on any atom is -0.481 e. The first-order chi connectivity index (χ1) is 29.5. The van der Waals surface area contributed by atoms with E-state index in [1.165, 1.54) is 5.56 Å². The first-order valence-electron chi connectivity index (χ1n) is 23.4. The highest BCUT2D eigenvalue weighted by Gasteiger charge is 2.21. The zero-order valence-electron chi connectivity index (χ0n) is 46.3. The number of aliphatic carboxylic acids is 1. The second-order valence-electron chi connectivity index (χ2n) is 25.6. The van der Waals surface area contributed by atoms with Gasteiger partial charge in [-0.1, -0.05) is 200 Å². The maximum Gasteiger partial charge on any atom is 0.347 e. The molecule has 0 spiro atoms. The van der Waals surface area contributed by atoms with E-state index in [2.05, 4.69) is 153 Å². The van der Waals surface area contributed by atoms with Crippen molar-refractivity contribution in [2.75, 3.05) is 0 Å². The molecule has 3 rings (SSSR count). The van der Waals surface area contributed by atoms with Crippen molar-refractivity contribution < 1.29 is 24.2 Å². The predicted molar refractivity (Wildman–Crippen MR) is 288 cm³/mol. The van der Waals surface area contributed by atoms with Gasteiger partial charge >= 0.3 is 11.6 Å². The standard InChI is InChI=1S/C15H16O3.C11H16.C7H16O.C7H14.2C7H12.C6H12O2/c1-15(2,3)9-12(16)11-8-10-6-4-5-7-13(10)18-14(11)17;1-11(2,3)9-10-7-5-4-6-8-10;1-6(8)5-7(2,3)4;3*1-5-6-7(2,3)4;1-6(2,3)4-5(7)8/h4-8H,9H2,1-3H3;4-8H,9H2,1-3H3;6,8H,5H2,1-4H3;5H,1,6H2,2-4H3;2*1H,6H2,2-4H3;4H2,1-3H3,(H,7,8). The molecule has 0 fully saturated rings. The third-order valence-electron chi connectivity index (χ3n) is 7.82. The SMILES string of the molecule is C#CCC(C)(C)C.C#CCC(C)(C)C.C=CCC(C)(C)C.CC(C)(C)CC(=O)O.CC(C)(C)CC(=O)c1cc2ccccc2oc1=O.CC(C)(C)Cc1ccccc1.CC(O)CC(C)(C)C. The summed E-state index contributed by atoms with van der Waals surface area (Å²) in [7, 11) is 0. The van der Waals surface area contributed by atoms with Crippen LogP contribution in [0.4, 0.5) is 0 Å². The second-order valence-corrected chi connectivity index (χ2v) is 25.6. The zero-order valence-corrected chi connectivity index (χ0v) is 46.3. The predicted octanol–water partition coefficient (Wildman–Crippen LogP) is 16.7. The van der Waals surface area contributed by atoms with Crippen LogP contribution in [0.25, 0.3) is 11.0 Å². The Balaban J connectivity index is -0.000000354. The number of carbonyl (C=O) groups excluding carboxylic acids is 1. The fourth-order valence-corrected chi connectivity index (χ4v) is 5.43. The molecule has 0 bridgehead atoms. The molecule has 2 N–H and O–H groups in total. The van der Waals surface area contributed by atoms with E-state index in [0.717, 1.165) is 37.5 Å². The maximum atomic E-state index is 12.1. The lowest BCUT2D eigenvalue weighted by Crippen LogP contribution is -2.19. The summed E-state index contributed by atoms with van der Waals surface area (Å²) in [6.45, 7) is 49.6. The largest absolute Gasteiger partial charge is 0.481 e. The minimum absolute atomic E-state index is 0.0775. The van der Waals surface area contributed by atoms with Gasteiger partial charge in [0.2, 0.25) is 0 Å². The molecule has 0 saturated carbocycles. The smallest absolute Gasteiger partial charge is 0.347 e. The molecule has 1 heterocycles. The number of carboxylic acid groups (broad SMARTS) is 1. The number of carbonyl (C=O) groups is 2. The number of carboxylic acids is 1. The molecule has 374 valence electrons. The van der Waals surface area contributed by atoms with Crippen molar-refractivity contribution in [2.24, 2.45) is 37.9 Å². The van der Waals surface area contributed by atoms with Crippen molar-refractivity contribution in [3.05, 3.63) is 94.9 Å². The van der Waals surface area contributed by atoms with Gasteiger partial charge in [0.15, 0.2) is 5.78 Å². The van der Waals surface area contributed by atoms with Crippen LogP contribution in [0.15, 0.2) is 82.5 Å². The molecular formula is C60H98O6. The van der Waals surface area contributed by atoms with Crippen LogP contribution in [0.3, 0.4) is 0 Å². The average molecular weight is 915 g/mol. The first-order valence-corrected chi connectivity index (χ1v) is 23.4. The van der Waals surface area contributed by atoms with E-state index in [0.29, 0.717) is 33.7 Å². The molecule has 1 unspecified atom stereocenters. The Morgan fingerprint density at radius 3 is 1.32 bits per heavy atom. The number of hydrogen-bond acceptors (Lipinski definition) is 5. The Bertz CT molecular complexity index is 1890. The van der Waals surface area contributed by atoms with Crippen molar-refractivity contribution >= 4 is 22.7 Å². The summed E-state index contributed by atoms with van der Waals surface area (Å²) in [6.07, 6.45) is 17.4. The fourth-order valence-electron chi connectivity index (χ4n) is 5.43. The third-order valence-corrected chi connectivity index (χ3v) is 7.82. The van der Waals surface area contributed by atoms with Crippen LogP contribution >= 0.6 is 0 Å². The van der Waals surface area contributed by atoms with Crippen molar-refractivity contribution in [1.29, 1.82) is 0 Å². The summed E-state index contributed by atoms with van der Waals surface area (Å²) in [5, 5.41) is 17.9. The normalized spacial score (nSPS) is 11.9. The second kappa shape index (κ2) is 31.6. The molecule has 0 aliphatic carbocycles. The maximum absolute atomic E-state index is 12.1. The summed E-state index contributed by atoms with van der Waals surface area (Å²) in [4.78, 5) is 33.9. The lowest BCUT2D eigenvalue weighted by Gasteiger charge is -2.19. The van der Waals surface area contributed by atoms with Crippen molar-refractivity contribution in [2.45, 2.75) is 203 Å². The highest BCUT2D eigenvalue weighted by molar-refractivity contribution is 5.98. The van der Waals surface area contributed by atoms with Crippen LogP contribution < -0.4 is 5.63 Å². The Labute approximate surface area is 406 Å². The van der Waals surface area contributed by atoms with Gasteiger partial charge in [-0.2, -0.15) is 0 Å². The first kappa shape index (κ1) is 68.2. The van der Waals surface area contributed by atoms with Gasteiger partial charge in [0.25, 0.3) is 0 Å². The van der Waals surface area contributed by atoms with Gasteiger partial charge in [-0.3, -0.25) is 9.59 Å². The minimum atomic E-state index is -0.725. The number of terminal acetylenes is 2. The molecule has 1 atom stereocenters. The van der Waals surface area contributed by atoms with Crippen LogP contribution in [0.5, 0.6) is 0 Å². The Hall–Kier alpha value is -4.39. The van der Waals surface area contributed by atoms with Crippen LogP contribution in [-0.4, -0.2) is 28.1 Å². The number of fused-ring (bicyclic) bond motifs is 1. The number of aliphatic hydroxyl groups excluding tert-OH is 1. The molecule has 6 nitrogen and oxygen atoms in total. The van der Waals surface area contributed by atoms with Gasteiger partial charge in [0.05, 0.1) is 12.5 Å². The molecule has 1 aromatic heterocycles. The topological polar surface area (TPSA) is 105 Å². The number of aliphatic hydroxyl groups is 1. The Morgan fingerprint density at radius 2 is 1.06 bits per heavy atom. The van der Waals surface area contributed by atoms with Gasteiger partial charge in [-0.15, -0.1) is 31.3 Å². The van der Waals surface area contributed by atoms with E-state index < -0.39 is 11.6 Å². The summed E-state index contributed by atoms with van der Waals surface area (Å²) in [5.41, 5.74) is 3.04. The quantitative estimate of drug-likeness (QED) is 0.110. The molecule has 0 radical (unpaired) electrons. The van der Waals surface area contributed by atoms with Crippen molar-refractivity contribution in [3.63, 3.8) is 0 Å². The number of ketones is 1. The van der Waals surface area contributed by atoms with E-state index in [1.54, 1.807) is 18.2 Å². The lowest BCUT2D eigenvalue weighted by molar-refractivity contribution is -0.139. The number of para-hydroxylation sites is 1. The highest BCUT2D eigenvalue weighted by atomic mass is 16.4. The van der Waals surface area contributed by atoms with Gasteiger partial charge < -0.3 is 14.6 Å². The molecule has 3 aromatic rings. The van der Waals surface area contributed by atoms with Crippen molar-refractivity contribution in [1.82, 2.24) is 0 Å². The molecule has 6 heteroatoms. The third kappa shape index (κ3) is 52.2. The molecule has 2 aromatic carbocycles. The van der Waals surface area contributed by atoms with Crippen LogP contribution in [0.1, 0.15) is 207 Å². The van der Waals surface area contributed by atoms with Crippen molar-refractivity contribution in [3.8, 4) is 24.7 Å². The summed E-state index contributed by atoms with van der Waals surface area (Å²) in [6, 6.07) is 19.4. The number of benzene rings is 2. The molecule has 66 heavy (non-hydrogen) atoms. The Morgan fingerprint density at radius 1 is 0.636 bits per heavy atom. The molecule has 0 amide bonds. The number of hydrogen-bond donors (Lipinski definition) is 2. The van der Waals surface area contributed by atoms with E-state index in [9.17, 15) is 14.4 Å². The van der Waals surface area contributed by atoms with Crippen LogP contribution in [-0.2, 0) is 11.2 Å². The van der Waals surface area contributed by atoms with E-state index in [4.69, 9.17) is 27.5 Å². The number of allylic oxidation sites excluding steroid dienone is 1. The zero-order chi connectivity index (χ0) is 53.0. The summed E-state index contributed by atoms with van der Waals surface area (Å²) >= 11 is 0. The lowest BCUT2D eigenvalue weighted by atomic mass is 9.88. The van der Waals surface area contributed by atoms with Crippen LogP contribution in [0, 0.1) is 62.6 Å². The van der Waals surface area contributed by atoms with Gasteiger partial charge in [-0.05, 0) is 81.8 Å². The van der Waals surface area contributed by atoms with E-state index in [-0.39, 0.29) is 40.1 Å². The summed E-state index contributed by atoms with van der Waals surface area (Å²) < 4.78 is 5.15.